The third kappa shape index (κ3) is 6.08. The lowest BCUT2D eigenvalue weighted by Gasteiger charge is -2.10. The van der Waals surface area contributed by atoms with E-state index < -0.39 is 0 Å². The van der Waals surface area contributed by atoms with Crippen molar-refractivity contribution in [3.05, 3.63) is 59.9 Å². The van der Waals surface area contributed by atoms with Gasteiger partial charge in [0.2, 0.25) is 0 Å². The summed E-state index contributed by atoms with van der Waals surface area (Å²) in [5, 5.41) is 6.18. The molecule has 0 saturated carbocycles. The molecule has 2 N–H and O–H groups in total. The van der Waals surface area contributed by atoms with E-state index in [0.29, 0.717) is 12.2 Å². The quantitative estimate of drug-likeness (QED) is 0.735. The van der Waals surface area contributed by atoms with Gasteiger partial charge in [0.05, 0.1) is 11.9 Å². The molecule has 0 bridgehead atoms. The molecule has 0 unspecified atom stereocenters. The van der Waals surface area contributed by atoms with Gasteiger partial charge in [-0.1, -0.05) is 30.3 Å². The molecule has 2 rings (SSSR count). The molecular formula is C18H24N4O. The van der Waals surface area contributed by atoms with Crippen LogP contribution >= 0.6 is 0 Å². The summed E-state index contributed by atoms with van der Waals surface area (Å²) < 4.78 is 0. The van der Waals surface area contributed by atoms with Crippen LogP contribution in [-0.2, 0) is 6.54 Å². The summed E-state index contributed by atoms with van der Waals surface area (Å²) in [4.78, 5) is 18.3. The topological polar surface area (TPSA) is 57.3 Å². The second-order valence-electron chi connectivity index (χ2n) is 5.68. The van der Waals surface area contributed by atoms with Crippen LogP contribution in [0.25, 0.3) is 0 Å². The maximum absolute atomic E-state index is 12.0. The molecule has 5 heteroatoms. The van der Waals surface area contributed by atoms with E-state index in [1.165, 1.54) is 5.56 Å². The fraction of sp³-hybridized carbons (Fsp3) is 0.333. The molecular weight excluding hydrogens is 288 g/mol. The van der Waals surface area contributed by atoms with E-state index in [2.05, 4.69) is 32.7 Å². The molecule has 5 nitrogen and oxygen atoms in total. The molecule has 1 aromatic carbocycles. The lowest BCUT2D eigenvalue weighted by Crippen LogP contribution is -2.27. The van der Waals surface area contributed by atoms with Crippen LogP contribution < -0.4 is 10.6 Å². The van der Waals surface area contributed by atoms with Crippen LogP contribution in [0.3, 0.4) is 0 Å². The molecule has 0 fully saturated rings. The van der Waals surface area contributed by atoms with E-state index in [1.54, 1.807) is 12.3 Å². The first kappa shape index (κ1) is 17.0. The maximum atomic E-state index is 12.0. The van der Waals surface area contributed by atoms with Crippen LogP contribution in [0.2, 0.25) is 0 Å². The molecule has 0 aliphatic rings. The maximum Gasteiger partial charge on any atom is 0.269 e. The third-order valence-electron chi connectivity index (χ3n) is 3.40. The molecule has 2 aromatic rings. The normalized spacial score (nSPS) is 10.6. The van der Waals surface area contributed by atoms with Gasteiger partial charge in [-0.05, 0) is 44.8 Å². The first-order valence-corrected chi connectivity index (χ1v) is 7.82. The Labute approximate surface area is 137 Å². The zero-order valence-electron chi connectivity index (χ0n) is 13.7. The van der Waals surface area contributed by atoms with E-state index in [4.69, 9.17) is 0 Å². The van der Waals surface area contributed by atoms with E-state index in [0.717, 1.165) is 25.2 Å². The standard InChI is InChI=1S/C18H24N4O/c1-22(2)12-6-11-19-18(23)17-10-9-16(14-21-17)20-13-15-7-4-3-5-8-15/h3-5,7-10,14,20H,6,11-13H2,1-2H3,(H,19,23). The number of aromatic nitrogens is 1. The number of nitrogens with one attached hydrogen (secondary N) is 2. The van der Waals surface area contributed by atoms with Gasteiger partial charge in [-0.2, -0.15) is 0 Å². The van der Waals surface area contributed by atoms with E-state index in [1.807, 2.05) is 38.4 Å². The number of hydrogen-bond donors (Lipinski definition) is 2. The van der Waals surface area contributed by atoms with Crippen LogP contribution in [0.1, 0.15) is 22.5 Å². The Bertz CT molecular complexity index is 596. The Hall–Kier alpha value is -2.40. The molecule has 0 radical (unpaired) electrons. The number of pyridine rings is 1. The van der Waals surface area contributed by atoms with Gasteiger partial charge in [0.25, 0.3) is 5.91 Å². The van der Waals surface area contributed by atoms with Crippen molar-refractivity contribution >= 4 is 11.6 Å². The summed E-state index contributed by atoms with van der Waals surface area (Å²) in [5.41, 5.74) is 2.55. The first-order chi connectivity index (χ1) is 11.1. The number of carbonyl (C=O) groups is 1. The highest BCUT2D eigenvalue weighted by atomic mass is 16.1. The number of benzene rings is 1. The predicted molar refractivity (Wildman–Crippen MR) is 93.5 cm³/mol. The van der Waals surface area contributed by atoms with Crippen molar-refractivity contribution in [2.45, 2.75) is 13.0 Å². The number of carbonyl (C=O) groups excluding carboxylic acids is 1. The molecule has 0 aliphatic carbocycles. The number of nitrogens with zero attached hydrogens (tertiary/aromatic N) is 2. The minimum atomic E-state index is -0.127. The van der Waals surface area contributed by atoms with Crippen molar-refractivity contribution in [3.8, 4) is 0 Å². The molecule has 122 valence electrons. The van der Waals surface area contributed by atoms with Crippen molar-refractivity contribution in [1.29, 1.82) is 0 Å². The lowest BCUT2D eigenvalue weighted by molar-refractivity contribution is 0.0947. The van der Waals surface area contributed by atoms with Gasteiger partial charge < -0.3 is 15.5 Å². The smallest absolute Gasteiger partial charge is 0.269 e. The Kier molecular flexibility index (Phi) is 6.56. The van der Waals surface area contributed by atoms with Crippen molar-refractivity contribution in [3.63, 3.8) is 0 Å². The van der Waals surface area contributed by atoms with Gasteiger partial charge in [0.15, 0.2) is 0 Å². The average molecular weight is 312 g/mol. The number of anilines is 1. The summed E-state index contributed by atoms with van der Waals surface area (Å²) in [6, 6.07) is 13.8. The first-order valence-electron chi connectivity index (χ1n) is 7.82. The van der Waals surface area contributed by atoms with Crippen molar-refractivity contribution in [1.82, 2.24) is 15.2 Å². The predicted octanol–water partition coefficient (Wildman–Crippen LogP) is 2.38. The monoisotopic (exact) mass is 312 g/mol. The van der Waals surface area contributed by atoms with Crippen LogP contribution in [0.15, 0.2) is 48.7 Å². The SMILES string of the molecule is CN(C)CCCNC(=O)c1ccc(NCc2ccccc2)cn1. The fourth-order valence-corrected chi connectivity index (χ4v) is 2.12. The van der Waals surface area contributed by atoms with E-state index >= 15 is 0 Å². The largest absolute Gasteiger partial charge is 0.380 e. The molecule has 0 saturated heterocycles. The molecule has 1 heterocycles. The number of amides is 1. The van der Waals surface area contributed by atoms with E-state index in [9.17, 15) is 4.79 Å². The minimum absolute atomic E-state index is 0.127. The second kappa shape index (κ2) is 8.90. The highest BCUT2D eigenvalue weighted by molar-refractivity contribution is 5.92. The van der Waals surface area contributed by atoms with Gasteiger partial charge in [0, 0.05) is 13.1 Å². The molecule has 1 amide bonds. The van der Waals surface area contributed by atoms with Gasteiger partial charge in [-0.15, -0.1) is 0 Å². The zero-order chi connectivity index (χ0) is 16.5. The molecule has 23 heavy (non-hydrogen) atoms. The lowest BCUT2D eigenvalue weighted by atomic mass is 10.2. The third-order valence-corrected chi connectivity index (χ3v) is 3.40. The average Bonchev–Trinajstić information content (AvgIpc) is 2.58. The Morgan fingerprint density at radius 3 is 2.57 bits per heavy atom. The summed E-state index contributed by atoms with van der Waals surface area (Å²) in [6.07, 6.45) is 2.62. The Morgan fingerprint density at radius 2 is 1.91 bits per heavy atom. The van der Waals surface area contributed by atoms with Gasteiger partial charge in [0.1, 0.15) is 5.69 Å². The van der Waals surface area contributed by atoms with Gasteiger partial charge in [-0.3, -0.25) is 4.79 Å². The van der Waals surface area contributed by atoms with Gasteiger partial charge in [-0.25, -0.2) is 4.98 Å². The summed E-state index contributed by atoms with van der Waals surface area (Å²) >= 11 is 0. The summed E-state index contributed by atoms with van der Waals surface area (Å²) in [5.74, 6) is -0.127. The van der Waals surface area contributed by atoms with Crippen LogP contribution in [0, 0.1) is 0 Å². The van der Waals surface area contributed by atoms with Crippen LogP contribution in [0.5, 0.6) is 0 Å². The molecule has 0 atom stereocenters. The molecule has 1 aromatic heterocycles. The molecule has 0 spiro atoms. The van der Waals surface area contributed by atoms with Crippen LogP contribution in [-0.4, -0.2) is 43.0 Å². The van der Waals surface area contributed by atoms with Crippen molar-refractivity contribution in [2.75, 3.05) is 32.5 Å². The van der Waals surface area contributed by atoms with Crippen LogP contribution in [0.4, 0.5) is 5.69 Å². The minimum Gasteiger partial charge on any atom is -0.380 e. The number of hydrogen-bond acceptors (Lipinski definition) is 4. The summed E-state index contributed by atoms with van der Waals surface area (Å²) in [7, 11) is 4.04. The van der Waals surface area contributed by atoms with Gasteiger partial charge >= 0.3 is 0 Å². The fourth-order valence-electron chi connectivity index (χ4n) is 2.12. The van der Waals surface area contributed by atoms with Crippen molar-refractivity contribution in [2.24, 2.45) is 0 Å². The highest BCUT2D eigenvalue weighted by Crippen LogP contribution is 2.08. The number of rotatable bonds is 8. The zero-order valence-corrected chi connectivity index (χ0v) is 13.7. The highest BCUT2D eigenvalue weighted by Gasteiger charge is 2.06. The van der Waals surface area contributed by atoms with E-state index in [-0.39, 0.29) is 5.91 Å². The van der Waals surface area contributed by atoms with Crippen molar-refractivity contribution < 1.29 is 4.79 Å². The Morgan fingerprint density at radius 1 is 1.13 bits per heavy atom. The summed E-state index contributed by atoms with van der Waals surface area (Å²) in [6.45, 7) is 2.35. The molecule has 0 aliphatic heterocycles. The Balaban J connectivity index is 1.78. The second-order valence-corrected chi connectivity index (χ2v) is 5.68.